The molecule has 0 bridgehead atoms. The minimum Gasteiger partial charge on any atom is -0.410 e. The Balaban J connectivity index is 4.42. The van der Waals surface area contributed by atoms with Crippen LogP contribution in [-0.2, 0) is 4.79 Å². The number of hydrogen-bond donors (Lipinski definition) is 2. The number of carbonyl (C=O) groups excluding carboxylic acids is 1. The average molecular weight is 187 g/mol. The van der Waals surface area contributed by atoms with Gasteiger partial charge in [-0.25, -0.2) is 0 Å². The summed E-state index contributed by atoms with van der Waals surface area (Å²) in [4.78, 5) is 20.0. The first-order chi connectivity index (χ1) is 5.99. The lowest BCUT2D eigenvalue weighted by atomic mass is 10.2. The summed E-state index contributed by atoms with van der Waals surface area (Å²) in [7, 11) is 0. The first-order valence-electron chi connectivity index (χ1n) is 3.32. The van der Waals surface area contributed by atoms with Gasteiger partial charge in [0.05, 0.1) is 0 Å². The van der Waals surface area contributed by atoms with Crippen molar-refractivity contribution in [2.75, 3.05) is 0 Å². The fourth-order valence-electron chi connectivity index (χ4n) is 0.465. The number of hydrogen-bond acceptors (Lipinski definition) is 5. The average Bonchev–Trinajstić information content (AvgIpc) is 2.04. The maximum atomic E-state index is 10.4. The van der Waals surface area contributed by atoms with Gasteiger partial charge in [0.15, 0.2) is 5.71 Å². The summed E-state index contributed by atoms with van der Waals surface area (Å²) in [6.07, 6.45) is 2.09. The Morgan fingerprint density at radius 3 is 2.62 bits per heavy atom. The second kappa shape index (κ2) is 4.86. The van der Waals surface area contributed by atoms with E-state index in [-0.39, 0.29) is 0 Å². The maximum Gasteiger partial charge on any atom is 0.270 e. The summed E-state index contributed by atoms with van der Waals surface area (Å²) in [5.74, 6) is -0.950. The summed E-state index contributed by atoms with van der Waals surface area (Å²) in [6.45, 7) is 1.31. The predicted molar refractivity (Wildman–Crippen MR) is 44.0 cm³/mol. The van der Waals surface area contributed by atoms with E-state index in [0.29, 0.717) is 0 Å². The zero-order valence-corrected chi connectivity index (χ0v) is 6.88. The van der Waals surface area contributed by atoms with Crippen molar-refractivity contribution < 1.29 is 14.9 Å². The van der Waals surface area contributed by atoms with E-state index in [1.165, 1.54) is 6.92 Å². The summed E-state index contributed by atoms with van der Waals surface area (Å²) in [6, 6.07) is -0.962. The fraction of sp³-hybridized carbons (Fsp3) is 0.333. The molecule has 0 fully saturated rings. The zero-order chi connectivity index (χ0) is 10.4. The van der Waals surface area contributed by atoms with E-state index in [4.69, 9.17) is 10.9 Å². The number of oxime groups is 1. The molecule has 0 aliphatic rings. The summed E-state index contributed by atoms with van der Waals surface area (Å²) in [5, 5.41) is 20.9. The van der Waals surface area contributed by atoms with Crippen LogP contribution in [0.2, 0.25) is 0 Å². The molecular formula is C6H9N3O4. The van der Waals surface area contributed by atoms with Crippen molar-refractivity contribution in [2.45, 2.75) is 13.0 Å². The van der Waals surface area contributed by atoms with Gasteiger partial charge in [0, 0.05) is 11.8 Å². The van der Waals surface area contributed by atoms with Gasteiger partial charge in [-0.15, -0.1) is 0 Å². The topological polar surface area (TPSA) is 119 Å². The highest BCUT2D eigenvalue weighted by Crippen LogP contribution is 1.91. The smallest absolute Gasteiger partial charge is 0.270 e. The quantitative estimate of drug-likeness (QED) is 0.267. The van der Waals surface area contributed by atoms with E-state index in [1.807, 2.05) is 0 Å². The zero-order valence-electron chi connectivity index (χ0n) is 6.88. The van der Waals surface area contributed by atoms with E-state index < -0.39 is 22.6 Å². The Hall–Kier alpha value is -1.92. The minimum atomic E-state index is -0.962. The molecule has 0 aromatic carbocycles. The van der Waals surface area contributed by atoms with Crippen molar-refractivity contribution >= 4 is 11.6 Å². The third-order valence-electron chi connectivity index (χ3n) is 1.23. The Morgan fingerprint density at radius 2 is 2.31 bits per heavy atom. The molecular weight excluding hydrogens is 178 g/mol. The van der Waals surface area contributed by atoms with Gasteiger partial charge in [-0.2, -0.15) is 0 Å². The highest BCUT2D eigenvalue weighted by molar-refractivity contribution is 6.42. The van der Waals surface area contributed by atoms with Crippen LogP contribution in [0.1, 0.15) is 6.92 Å². The molecule has 0 unspecified atom stereocenters. The summed E-state index contributed by atoms with van der Waals surface area (Å²) in [5.41, 5.74) is 4.34. The van der Waals surface area contributed by atoms with E-state index >= 15 is 0 Å². The van der Waals surface area contributed by atoms with Gasteiger partial charge in [-0.3, -0.25) is 14.9 Å². The molecule has 0 aromatic rings. The number of nitrogens with zero attached hydrogens (tertiary/aromatic N) is 2. The van der Waals surface area contributed by atoms with Gasteiger partial charge in [0.2, 0.25) is 6.04 Å². The molecule has 0 aliphatic heterocycles. The molecule has 1 amide bonds. The molecule has 0 radical (unpaired) electrons. The summed E-state index contributed by atoms with van der Waals surface area (Å²) >= 11 is 0. The van der Waals surface area contributed by atoms with E-state index in [2.05, 4.69) is 5.16 Å². The molecule has 72 valence electrons. The molecule has 7 heteroatoms. The van der Waals surface area contributed by atoms with Crippen molar-refractivity contribution in [1.29, 1.82) is 0 Å². The van der Waals surface area contributed by atoms with Crippen LogP contribution in [0.5, 0.6) is 0 Å². The first kappa shape index (κ1) is 11.1. The molecule has 1 atom stereocenters. The van der Waals surface area contributed by atoms with Crippen molar-refractivity contribution in [3.63, 3.8) is 0 Å². The number of carbonyl (C=O) groups is 1. The largest absolute Gasteiger partial charge is 0.410 e. The van der Waals surface area contributed by atoms with Gasteiger partial charge >= 0.3 is 0 Å². The van der Waals surface area contributed by atoms with Crippen LogP contribution in [0.3, 0.4) is 0 Å². The van der Waals surface area contributed by atoms with Gasteiger partial charge in [0.25, 0.3) is 5.91 Å². The van der Waals surface area contributed by atoms with Crippen molar-refractivity contribution in [3.05, 3.63) is 22.3 Å². The van der Waals surface area contributed by atoms with Crippen molar-refractivity contribution in [1.82, 2.24) is 0 Å². The molecule has 0 spiro atoms. The van der Waals surface area contributed by atoms with Crippen LogP contribution in [0, 0.1) is 10.1 Å². The standard InChI is InChI=1S/C6H9N3O4/c1-4(9(12)13)2-3-5(8-11)6(7)10/h2-4,11H,1H3,(H2,7,10)/b3-2+,8-5+/t4-/m1/s1. The van der Waals surface area contributed by atoms with E-state index in [9.17, 15) is 14.9 Å². The predicted octanol–water partition coefficient (Wildman–Crippen LogP) is -0.477. The van der Waals surface area contributed by atoms with Crippen LogP contribution < -0.4 is 5.73 Å². The normalized spacial score (nSPS) is 14.4. The number of nitrogens with two attached hydrogens (primary N) is 1. The van der Waals surface area contributed by atoms with Gasteiger partial charge in [0.1, 0.15) is 0 Å². The molecule has 0 heterocycles. The number of rotatable bonds is 4. The molecule has 0 rings (SSSR count). The van der Waals surface area contributed by atoms with Gasteiger partial charge in [-0.1, -0.05) is 5.16 Å². The van der Waals surface area contributed by atoms with E-state index in [0.717, 1.165) is 12.2 Å². The Labute approximate surface area is 73.7 Å². The summed E-state index contributed by atoms with van der Waals surface area (Å²) < 4.78 is 0. The Bertz CT molecular complexity index is 271. The minimum absolute atomic E-state index is 0.422. The third kappa shape index (κ3) is 3.85. The van der Waals surface area contributed by atoms with Crippen molar-refractivity contribution in [2.24, 2.45) is 10.9 Å². The fourth-order valence-corrected chi connectivity index (χ4v) is 0.465. The molecule has 0 saturated carbocycles. The second-order valence-electron chi connectivity index (χ2n) is 2.23. The monoisotopic (exact) mass is 187 g/mol. The lowest BCUT2D eigenvalue weighted by Crippen LogP contribution is -2.22. The highest BCUT2D eigenvalue weighted by Gasteiger charge is 2.09. The number of primary amides is 1. The van der Waals surface area contributed by atoms with Crippen LogP contribution in [0.4, 0.5) is 0 Å². The molecule has 0 saturated heterocycles. The van der Waals surface area contributed by atoms with Gasteiger partial charge in [-0.05, 0) is 12.2 Å². The van der Waals surface area contributed by atoms with Crippen LogP contribution in [-0.4, -0.2) is 27.8 Å². The molecule has 3 N–H and O–H groups in total. The SMILES string of the molecule is C[C@H](/C=C/C(=N\O)C(N)=O)[N+](=O)[O-]. The molecule has 0 aliphatic carbocycles. The van der Waals surface area contributed by atoms with Crippen LogP contribution >= 0.6 is 0 Å². The highest BCUT2D eigenvalue weighted by atomic mass is 16.6. The molecule has 13 heavy (non-hydrogen) atoms. The Kier molecular flexibility index (Phi) is 4.14. The molecule has 0 aromatic heterocycles. The number of amides is 1. The third-order valence-corrected chi connectivity index (χ3v) is 1.23. The van der Waals surface area contributed by atoms with Crippen molar-refractivity contribution in [3.8, 4) is 0 Å². The van der Waals surface area contributed by atoms with Gasteiger partial charge < -0.3 is 10.9 Å². The van der Waals surface area contributed by atoms with E-state index in [1.54, 1.807) is 0 Å². The Morgan fingerprint density at radius 1 is 1.77 bits per heavy atom. The van der Waals surface area contributed by atoms with Crippen LogP contribution in [0.25, 0.3) is 0 Å². The van der Waals surface area contributed by atoms with Crippen LogP contribution in [0.15, 0.2) is 17.3 Å². The second-order valence-corrected chi connectivity index (χ2v) is 2.23. The lowest BCUT2D eigenvalue weighted by Gasteiger charge is -1.95. The first-order valence-corrected chi connectivity index (χ1v) is 3.32. The lowest BCUT2D eigenvalue weighted by molar-refractivity contribution is -0.504. The number of nitro groups is 1. The maximum absolute atomic E-state index is 10.4. The molecule has 7 nitrogen and oxygen atoms in total.